The summed E-state index contributed by atoms with van der Waals surface area (Å²) in [5, 5.41) is 3.47. The fourth-order valence-corrected chi connectivity index (χ4v) is 2.95. The Morgan fingerprint density at radius 3 is 2.79 bits per heavy atom. The summed E-state index contributed by atoms with van der Waals surface area (Å²) in [6.07, 6.45) is 2.88. The van der Waals surface area contributed by atoms with Crippen LogP contribution in [-0.4, -0.2) is 9.97 Å². The summed E-state index contributed by atoms with van der Waals surface area (Å²) in [4.78, 5) is 8.74. The van der Waals surface area contributed by atoms with Gasteiger partial charge in [-0.25, -0.2) is 9.97 Å². The van der Waals surface area contributed by atoms with E-state index in [0.717, 1.165) is 18.1 Å². The van der Waals surface area contributed by atoms with Crippen LogP contribution in [0.4, 0.5) is 5.95 Å². The number of aryl methyl sites for hydroxylation is 1. The topological polar surface area (TPSA) is 37.8 Å². The molecule has 1 aromatic heterocycles. The monoisotopic (exact) mass is 253 g/mol. The molecular weight excluding hydrogens is 234 g/mol. The first kappa shape index (κ1) is 12.2. The second-order valence-electron chi connectivity index (χ2n) is 5.89. The standard InChI is InChI=1S/C16H19N3/c1-11-8-9-17-15(18-11)19-14-10-16(2,3)13-7-5-4-6-12(13)14/h4-9,14H,10H2,1-3H3,(H,17,18,19). The van der Waals surface area contributed by atoms with Gasteiger partial charge in [0.2, 0.25) is 5.95 Å². The number of fused-ring (bicyclic) bond motifs is 1. The molecule has 0 spiro atoms. The molecule has 0 fully saturated rings. The third kappa shape index (κ3) is 2.21. The maximum Gasteiger partial charge on any atom is 0.223 e. The number of aromatic nitrogens is 2. The molecule has 1 aromatic carbocycles. The van der Waals surface area contributed by atoms with E-state index >= 15 is 0 Å². The van der Waals surface area contributed by atoms with Gasteiger partial charge in [-0.05, 0) is 36.0 Å². The highest BCUT2D eigenvalue weighted by molar-refractivity contribution is 5.45. The van der Waals surface area contributed by atoms with Gasteiger partial charge in [-0.2, -0.15) is 0 Å². The zero-order valence-corrected chi connectivity index (χ0v) is 11.6. The van der Waals surface area contributed by atoms with Crippen molar-refractivity contribution in [3.8, 4) is 0 Å². The second kappa shape index (κ2) is 4.34. The largest absolute Gasteiger partial charge is 0.347 e. The summed E-state index contributed by atoms with van der Waals surface area (Å²) in [6.45, 7) is 6.58. The van der Waals surface area contributed by atoms with Gasteiger partial charge in [0.05, 0.1) is 6.04 Å². The van der Waals surface area contributed by atoms with Crippen molar-refractivity contribution in [3.05, 3.63) is 53.3 Å². The average molecular weight is 253 g/mol. The summed E-state index contributed by atoms with van der Waals surface area (Å²) in [7, 11) is 0. The van der Waals surface area contributed by atoms with Crippen LogP contribution >= 0.6 is 0 Å². The molecule has 0 radical (unpaired) electrons. The molecule has 2 aromatic rings. The average Bonchev–Trinajstić information content (AvgIpc) is 2.62. The van der Waals surface area contributed by atoms with E-state index in [1.54, 1.807) is 6.20 Å². The van der Waals surface area contributed by atoms with Gasteiger partial charge in [0.1, 0.15) is 0 Å². The molecule has 1 atom stereocenters. The van der Waals surface area contributed by atoms with Crippen LogP contribution < -0.4 is 5.32 Å². The lowest BCUT2D eigenvalue weighted by atomic mass is 9.86. The quantitative estimate of drug-likeness (QED) is 0.888. The second-order valence-corrected chi connectivity index (χ2v) is 5.89. The lowest BCUT2D eigenvalue weighted by molar-refractivity contribution is 0.492. The molecule has 1 aliphatic carbocycles. The third-order valence-electron chi connectivity index (χ3n) is 3.88. The Bertz CT molecular complexity index is 604. The van der Waals surface area contributed by atoms with E-state index in [4.69, 9.17) is 0 Å². The third-order valence-corrected chi connectivity index (χ3v) is 3.88. The molecule has 1 N–H and O–H groups in total. The van der Waals surface area contributed by atoms with Gasteiger partial charge in [0.25, 0.3) is 0 Å². The fraction of sp³-hybridized carbons (Fsp3) is 0.375. The van der Waals surface area contributed by atoms with E-state index in [1.807, 2.05) is 13.0 Å². The van der Waals surface area contributed by atoms with Crippen molar-refractivity contribution in [1.82, 2.24) is 9.97 Å². The SMILES string of the molecule is Cc1ccnc(NC2CC(C)(C)c3ccccc32)n1. The summed E-state index contributed by atoms with van der Waals surface area (Å²) in [5.74, 6) is 0.720. The molecule has 19 heavy (non-hydrogen) atoms. The van der Waals surface area contributed by atoms with Crippen LogP contribution in [0.15, 0.2) is 36.5 Å². The zero-order valence-electron chi connectivity index (χ0n) is 11.6. The molecule has 0 saturated heterocycles. The molecule has 0 aliphatic heterocycles. The van der Waals surface area contributed by atoms with Gasteiger partial charge < -0.3 is 5.32 Å². The van der Waals surface area contributed by atoms with Crippen molar-refractivity contribution in [2.45, 2.75) is 38.6 Å². The maximum atomic E-state index is 4.44. The van der Waals surface area contributed by atoms with Gasteiger partial charge in [-0.1, -0.05) is 38.1 Å². The Hall–Kier alpha value is -1.90. The van der Waals surface area contributed by atoms with Gasteiger partial charge in [0, 0.05) is 11.9 Å². The van der Waals surface area contributed by atoms with Crippen LogP contribution in [0.5, 0.6) is 0 Å². The molecular formula is C16H19N3. The number of rotatable bonds is 2. The van der Waals surface area contributed by atoms with Crippen molar-refractivity contribution < 1.29 is 0 Å². The number of hydrogen-bond donors (Lipinski definition) is 1. The van der Waals surface area contributed by atoms with E-state index < -0.39 is 0 Å². The highest BCUT2D eigenvalue weighted by atomic mass is 15.1. The first-order valence-corrected chi connectivity index (χ1v) is 6.72. The molecule has 1 heterocycles. The van der Waals surface area contributed by atoms with Crippen LogP contribution in [0.25, 0.3) is 0 Å². The number of benzene rings is 1. The predicted molar refractivity (Wildman–Crippen MR) is 77.2 cm³/mol. The maximum absolute atomic E-state index is 4.44. The Balaban J connectivity index is 1.92. The van der Waals surface area contributed by atoms with E-state index in [9.17, 15) is 0 Å². The molecule has 3 rings (SSSR count). The van der Waals surface area contributed by atoms with Gasteiger partial charge in [-0.15, -0.1) is 0 Å². The molecule has 0 saturated carbocycles. The Labute approximate surface area is 114 Å². The molecule has 3 heteroatoms. The van der Waals surface area contributed by atoms with Crippen LogP contribution in [0.3, 0.4) is 0 Å². The number of nitrogens with one attached hydrogen (secondary N) is 1. The summed E-state index contributed by atoms with van der Waals surface area (Å²) >= 11 is 0. The number of nitrogens with zero attached hydrogens (tertiary/aromatic N) is 2. The van der Waals surface area contributed by atoms with Crippen LogP contribution in [0.1, 0.15) is 43.1 Å². The Kier molecular flexibility index (Phi) is 2.77. The van der Waals surface area contributed by atoms with Gasteiger partial charge in [-0.3, -0.25) is 0 Å². The molecule has 3 nitrogen and oxygen atoms in total. The van der Waals surface area contributed by atoms with Crippen molar-refractivity contribution >= 4 is 5.95 Å². The highest BCUT2D eigenvalue weighted by Gasteiger charge is 2.36. The van der Waals surface area contributed by atoms with Crippen molar-refractivity contribution in [2.24, 2.45) is 0 Å². The lowest BCUT2D eigenvalue weighted by Crippen LogP contribution is -2.15. The van der Waals surface area contributed by atoms with Crippen LogP contribution in [0, 0.1) is 6.92 Å². The van der Waals surface area contributed by atoms with E-state index in [1.165, 1.54) is 11.1 Å². The fourth-order valence-electron chi connectivity index (χ4n) is 2.95. The highest BCUT2D eigenvalue weighted by Crippen LogP contribution is 2.45. The first-order chi connectivity index (χ1) is 9.06. The minimum absolute atomic E-state index is 0.206. The van der Waals surface area contributed by atoms with E-state index in [0.29, 0.717) is 6.04 Å². The van der Waals surface area contributed by atoms with Crippen molar-refractivity contribution in [3.63, 3.8) is 0 Å². The minimum Gasteiger partial charge on any atom is -0.347 e. The molecule has 1 aliphatic rings. The minimum atomic E-state index is 0.206. The lowest BCUT2D eigenvalue weighted by Gasteiger charge is -2.19. The van der Waals surface area contributed by atoms with Crippen LogP contribution in [0.2, 0.25) is 0 Å². The molecule has 1 unspecified atom stereocenters. The van der Waals surface area contributed by atoms with E-state index in [-0.39, 0.29) is 5.41 Å². The first-order valence-electron chi connectivity index (χ1n) is 6.72. The summed E-state index contributed by atoms with van der Waals surface area (Å²) in [6, 6.07) is 10.9. The molecule has 98 valence electrons. The zero-order chi connectivity index (χ0) is 13.5. The molecule has 0 bridgehead atoms. The van der Waals surface area contributed by atoms with Crippen molar-refractivity contribution in [2.75, 3.05) is 5.32 Å². The normalized spacial score (nSPS) is 20.1. The number of anilines is 1. The summed E-state index contributed by atoms with van der Waals surface area (Å²) in [5.41, 5.74) is 4.00. The smallest absolute Gasteiger partial charge is 0.223 e. The van der Waals surface area contributed by atoms with Gasteiger partial charge in [0.15, 0.2) is 0 Å². The van der Waals surface area contributed by atoms with Crippen molar-refractivity contribution in [1.29, 1.82) is 0 Å². The Morgan fingerprint density at radius 1 is 1.21 bits per heavy atom. The van der Waals surface area contributed by atoms with Crippen LogP contribution in [-0.2, 0) is 5.41 Å². The number of hydrogen-bond acceptors (Lipinski definition) is 3. The van der Waals surface area contributed by atoms with E-state index in [2.05, 4.69) is 53.4 Å². The molecule has 0 amide bonds. The summed E-state index contributed by atoms with van der Waals surface area (Å²) < 4.78 is 0. The van der Waals surface area contributed by atoms with Gasteiger partial charge >= 0.3 is 0 Å². The Morgan fingerprint density at radius 2 is 2.00 bits per heavy atom. The predicted octanol–water partition coefficient (Wildman–Crippen LogP) is 3.62.